The van der Waals surface area contributed by atoms with E-state index in [2.05, 4.69) is 19.5 Å². The van der Waals surface area contributed by atoms with Gasteiger partial charge in [-0.15, -0.1) is 0 Å². The number of aromatic nitrogens is 4. The average molecular weight is 270 g/mol. The first-order chi connectivity index (χ1) is 9.74. The van der Waals surface area contributed by atoms with Gasteiger partial charge in [0.15, 0.2) is 0 Å². The Morgan fingerprint density at radius 3 is 3.20 bits per heavy atom. The van der Waals surface area contributed by atoms with E-state index in [0.29, 0.717) is 23.3 Å². The predicted molar refractivity (Wildman–Crippen MR) is 74.0 cm³/mol. The van der Waals surface area contributed by atoms with Gasteiger partial charge < -0.3 is 14.3 Å². The van der Waals surface area contributed by atoms with Crippen molar-refractivity contribution in [3.8, 4) is 11.4 Å². The van der Waals surface area contributed by atoms with Gasteiger partial charge in [0.25, 0.3) is 5.56 Å². The largest absolute Gasteiger partial charge is 0.379 e. The summed E-state index contributed by atoms with van der Waals surface area (Å²) in [5.41, 5.74) is 1.53. The minimum Gasteiger partial charge on any atom is -0.379 e. The van der Waals surface area contributed by atoms with Crippen LogP contribution in [0.5, 0.6) is 0 Å². The van der Waals surface area contributed by atoms with Crippen LogP contribution in [0.4, 0.5) is 0 Å². The van der Waals surface area contributed by atoms with E-state index in [-0.39, 0.29) is 11.6 Å². The molecule has 3 aliphatic rings. The molecule has 1 unspecified atom stereocenters. The lowest BCUT2D eigenvalue weighted by molar-refractivity contribution is 0.186. The maximum absolute atomic E-state index is 12.2. The van der Waals surface area contributed by atoms with Crippen molar-refractivity contribution in [2.24, 2.45) is 0 Å². The standard InChI is InChI=1S/C14H14N4O2/c1-8-16-12-10-2-4-15-13(10)18(9-3-5-20-7-9)6-11(12)14(19)17-8/h2,4,6,9H,3,5,7H2,1H3,(H,16,17,19). The molecule has 0 amide bonds. The van der Waals surface area contributed by atoms with E-state index >= 15 is 0 Å². The fraction of sp³-hybridized carbons (Fsp3) is 0.357. The Morgan fingerprint density at radius 2 is 2.40 bits per heavy atom. The molecule has 1 aromatic heterocycles. The molecule has 0 spiro atoms. The summed E-state index contributed by atoms with van der Waals surface area (Å²) in [7, 11) is 0. The maximum Gasteiger partial charge on any atom is 0.260 e. The smallest absolute Gasteiger partial charge is 0.260 e. The van der Waals surface area contributed by atoms with E-state index < -0.39 is 0 Å². The zero-order valence-corrected chi connectivity index (χ0v) is 11.1. The van der Waals surface area contributed by atoms with Gasteiger partial charge in [0.2, 0.25) is 0 Å². The van der Waals surface area contributed by atoms with Crippen LogP contribution < -0.4 is 5.56 Å². The van der Waals surface area contributed by atoms with Crippen LogP contribution in [0.15, 0.2) is 23.3 Å². The number of pyridine rings is 1. The van der Waals surface area contributed by atoms with Gasteiger partial charge in [-0.25, -0.2) is 9.97 Å². The van der Waals surface area contributed by atoms with Crippen molar-refractivity contribution in [3.05, 3.63) is 34.6 Å². The molecule has 3 aliphatic heterocycles. The minimum atomic E-state index is -0.108. The SMILES string of the molecule is Cc1nc2c3ccnc-3n(C3CCOC3)cc2c(=O)[nH]1. The van der Waals surface area contributed by atoms with Crippen LogP contribution in [0.3, 0.4) is 0 Å². The number of aromatic amines is 1. The van der Waals surface area contributed by atoms with E-state index in [1.54, 1.807) is 13.1 Å². The van der Waals surface area contributed by atoms with Crippen LogP contribution in [-0.4, -0.2) is 32.7 Å². The molecule has 1 atom stereocenters. The zero-order chi connectivity index (χ0) is 13.7. The van der Waals surface area contributed by atoms with Gasteiger partial charge >= 0.3 is 0 Å². The molecule has 1 N–H and O–H groups in total. The van der Waals surface area contributed by atoms with Gasteiger partial charge in [0.1, 0.15) is 11.6 Å². The summed E-state index contributed by atoms with van der Waals surface area (Å²) in [5, 5.41) is 0.600. The van der Waals surface area contributed by atoms with E-state index in [4.69, 9.17) is 4.74 Å². The summed E-state index contributed by atoms with van der Waals surface area (Å²) in [5.74, 6) is 1.48. The topological polar surface area (TPSA) is 72.8 Å². The minimum absolute atomic E-state index is 0.108. The summed E-state index contributed by atoms with van der Waals surface area (Å²) >= 11 is 0. The van der Waals surface area contributed by atoms with Crippen LogP contribution >= 0.6 is 0 Å². The number of fused-ring (bicyclic) bond motifs is 3. The fourth-order valence-corrected chi connectivity index (χ4v) is 2.86. The van der Waals surface area contributed by atoms with E-state index in [1.807, 2.05) is 12.3 Å². The number of aryl methyl sites for hydroxylation is 1. The molecule has 1 aromatic rings. The van der Waals surface area contributed by atoms with E-state index in [0.717, 1.165) is 24.4 Å². The second kappa shape index (κ2) is 4.14. The molecule has 1 fully saturated rings. The monoisotopic (exact) mass is 270 g/mol. The van der Waals surface area contributed by atoms with Crippen LogP contribution in [0, 0.1) is 6.92 Å². The molecule has 4 heterocycles. The number of hydrogen-bond acceptors (Lipinski definition) is 4. The van der Waals surface area contributed by atoms with Crippen LogP contribution in [0.1, 0.15) is 18.3 Å². The molecule has 6 nitrogen and oxygen atoms in total. The molecule has 102 valence electrons. The van der Waals surface area contributed by atoms with Crippen molar-refractivity contribution in [3.63, 3.8) is 0 Å². The third-order valence-corrected chi connectivity index (χ3v) is 3.82. The van der Waals surface area contributed by atoms with Crippen LogP contribution in [0.2, 0.25) is 0 Å². The highest BCUT2D eigenvalue weighted by Crippen LogP contribution is 2.31. The third-order valence-electron chi connectivity index (χ3n) is 3.82. The molecule has 0 aliphatic carbocycles. The maximum atomic E-state index is 12.2. The quantitative estimate of drug-likeness (QED) is 0.727. The van der Waals surface area contributed by atoms with Gasteiger partial charge in [0, 0.05) is 24.6 Å². The predicted octanol–water partition coefficient (Wildman–Crippen LogP) is 1.49. The van der Waals surface area contributed by atoms with Gasteiger partial charge in [-0.05, 0) is 19.4 Å². The summed E-state index contributed by atoms with van der Waals surface area (Å²) < 4.78 is 7.50. The number of ether oxygens (including phenoxy) is 1. The van der Waals surface area contributed by atoms with Crippen LogP contribution in [0.25, 0.3) is 22.3 Å². The van der Waals surface area contributed by atoms with Gasteiger partial charge in [-0.1, -0.05) is 0 Å². The van der Waals surface area contributed by atoms with Gasteiger partial charge in [-0.2, -0.15) is 0 Å². The van der Waals surface area contributed by atoms with Gasteiger partial charge in [0.05, 0.1) is 23.6 Å². The third kappa shape index (κ3) is 1.58. The lowest BCUT2D eigenvalue weighted by atomic mass is 10.1. The highest BCUT2D eigenvalue weighted by Gasteiger charge is 2.24. The fourth-order valence-electron chi connectivity index (χ4n) is 2.86. The Labute approximate surface area is 114 Å². The number of nitrogens with zero attached hydrogens (tertiary/aromatic N) is 3. The zero-order valence-electron chi connectivity index (χ0n) is 11.1. The molecule has 20 heavy (non-hydrogen) atoms. The number of hydrogen-bond donors (Lipinski definition) is 1. The summed E-state index contributed by atoms with van der Waals surface area (Å²) in [6.45, 7) is 3.20. The lowest BCUT2D eigenvalue weighted by Gasteiger charge is -2.18. The molecule has 1 saturated heterocycles. The Bertz CT molecular complexity index is 814. The van der Waals surface area contributed by atoms with E-state index in [9.17, 15) is 4.79 Å². The average Bonchev–Trinajstić information content (AvgIpc) is 3.09. The number of rotatable bonds is 1. The summed E-state index contributed by atoms with van der Waals surface area (Å²) in [4.78, 5) is 23.8. The molecule has 0 bridgehead atoms. The van der Waals surface area contributed by atoms with Crippen molar-refractivity contribution < 1.29 is 4.74 Å². The Kier molecular flexibility index (Phi) is 2.40. The van der Waals surface area contributed by atoms with Crippen LogP contribution in [-0.2, 0) is 4.74 Å². The van der Waals surface area contributed by atoms with Gasteiger partial charge in [-0.3, -0.25) is 4.79 Å². The Morgan fingerprint density at radius 1 is 1.50 bits per heavy atom. The molecule has 0 aromatic carbocycles. The molecule has 0 radical (unpaired) electrons. The number of H-pyrrole nitrogens is 1. The van der Waals surface area contributed by atoms with Crippen molar-refractivity contribution in [1.29, 1.82) is 0 Å². The highest BCUT2D eigenvalue weighted by molar-refractivity contribution is 5.92. The Hall–Kier alpha value is -2.21. The molecular formula is C14H14N4O2. The lowest BCUT2D eigenvalue weighted by Crippen LogP contribution is -2.17. The van der Waals surface area contributed by atoms with Crippen molar-refractivity contribution >= 4 is 10.9 Å². The normalized spacial score (nSPS) is 19.1. The molecular weight excluding hydrogens is 256 g/mol. The highest BCUT2D eigenvalue weighted by atomic mass is 16.5. The van der Waals surface area contributed by atoms with Crippen molar-refractivity contribution in [1.82, 2.24) is 19.5 Å². The summed E-state index contributed by atoms with van der Waals surface area (Å²) in [6, 6.07) is 2.15. The molecule has 0 saturated carbocycles. The summed E-state index contributed by atoms with van der Waals surface area (Å²) in [6.07, 6.45) is 4.55. The first-order valence-corrected chi connectivity index (χ1v) is 6.68. The van der Waals surface area contributed by atoms with Crippen molar-refractivity contribution in [2.45, 2.75) is 19.4 Å². The second-order valence-electron chi connectivity index (χ2n) is 5.15. The number of nitrogens with one attached hydrogen (secondary N) is 1. The first kappa shape index (κ1) is 11.6. The van der Waals surface area contributed by atoms with Crippen molar-refractivity contribution in [2.75, 3.05) is 13.2 Å². The van der Waals surface area contributed by atoms with E-state index in [1.165, 1.54) is 0 Å². The first-order valence-electron chi connectivity index (χ1n) is 6.68. The molecule has 4 rings (SSSR count). The molecule has 6 heteroatoms. The second-order valence-corrected chi connectivity index (χ2v) is 5.15. The Balaban J connectivity index is 2.09.